The summed E-state index contributed by atoms with van der Waals surface area (Å²) < 4.78 is 12.6. The van der Waals surface area contributed by atoms with Gasteiger partial charge in [0.05, 0.1) is 0 Å². The van der Waals surface area contributed by atoms with E-state index < -0.39 is 0 Å². The maximum Gasteiger partial charge on any atom is 0.125 e. The van der Waals surface area contributed by atoms with Crippen LogP contribution in [0.25, 0.3) is 6.08 Å². The van der Waals surface area contributed by atoms with Crippen molar-refractivity contribution < 1.29 is 4.39 Å². The molecule has 0 saturated heterocycles. The van der Waals surface area contributed by atoms with Crippen molar-refractivity contribution in [3.8, 4) is 0 Å². The summed E-state index contributed by atoms with van der Waals surface area (Å²) in [6.07, 6.45) is 4.74. The Balaban J connectivity index is 2.77. The molecular weight excluding hydrogens is 185 g/mol. The summed E-state index contributed by atoms with van der Waals surface area (Å²) in [4.78, 5) is 0. The molecule has 0 atom stereocenters. The second kappa shape index (κ2) is 4.92. The van der Waals surface area contributed by atoms with Crippen LogP contribution in [0.5, 0.6) is 0 Å². The number of allylic oxidation sites excluding steroid dienone is 1. The number of nitrogen functional groups attached to an aromatic ring is 1. The van der Waals surface area contributed by atoms with E-state index in [2.05, 4.69) is 12.6 Å². The van der Waals surface area contributed by atoms with Crippen molar-refractivity contribution in [2.75, 3.05) is 11.5 Å². The summed E-state index contributed by atoms with van der Waals surface area (Å²) >= 11 is 4.07. The van der Waals surface area contributed by atoms with E-state index in [1.54, 1.807) is 6.07 Å². The Morgan fingerprint density at radius 3 is 2.85 bits per heavy atom. The standard InChI is InChI=1S/C10H12FNS/c11-9-5-4-8(10(12)7-9)3-1-2-6-13/h1,3-5,7,13H,2,6,12H2. The predicted octanol–water partition coefficient (Wildman–Crippen LogP) is 2.74. The average molecular weight is 197 g/mol. The molecule has 0 heterocycles. The second-order valence-corrected chi connectivity index (χ2v) is 3.14. The van der Waals surface area contributed by atoms with Crippen molar-refractivity contribution in [2.45, 2.75) is 6.42 Å². The Morgan fingerprint density at radius 1 is 1.46 bits per heavy atom. The lowest BCUT2D eigenvalue weighted by atomic mass is 10.1. The van der Waals surface area contributed by atoms with Crippen LogP contribution in [0.3, 0.4) is 0 Å². The van der Waals surface area contributed by atoms with E-state index in [9.17, 15) is 4.39 Å². The van der Waals surface area contributed by atoms with E-state index in [0.717, 1.165) is 17.7 Å². The van der Waals surface area contributed by atoms with Crippen LogP contribution in [0, 0.1) is 5.82 Å². The van der Waals surface area contributed by atoms with Crippen molar-refractivity contribution >= 4 is 24.4 Å². The predicted molar refractivity (Wildman–Crippen MR) is 58.3 cm³/mol. The molecule has 0 aliphatic carbocycles. The van der Waals surface area contributed by atoms with Gasteiger partial charge in [0, 0.05) is 5.69 Å². The van der Waals surface area contributed by atoms with Gasteiger partial charge in [-0.3, -0.25) is 0 Å². The number of benzene rings is 1. The minimum Gasteiger partial charge on any atom is -0.398 e. The van der Waals surface area contributed by atoms with Crippen molar-refractivity contribution in [2.24, 2.45) is 0 Å². The highest BCUT2D eigenvalue weighted by Crippen LogP contribution is 2.15. The molecule has 0 unspecified atom stereocenters. The van der Waals surface area contributed by atoms with Gasteiger partial charge in [-0.05, 0) is 29.9 Å². The van der Waals surface area contributed by atoms with Gasteiger partial charge in [-0.15, -0.1) is 0 Å². The highest BCUT2D eigenvalue weighted by Gasteiger charge is 1.95. The molecule has 70 valence electrons. The van der Waals surface area contributed by atoms with Gasteiger partial charge in [0.2, 0.25) is 0 Å². The topological polar surface area (TPSA) is 26.0 Å². The largest absolute Gasteiger partial charge is 0.398 e. The van der Waals surface area contributed by atoms with Crippen LogP contribution in [-0.2, 0) is 0 Å². The fourth-order valence-corrected chi connectivity index (χ4v) is 1.13. The Labute approximate surface area is 82.9 Å². The average Bonchev–Trinajstić information content (AvgIpc) is 2.09. The van der Waals surface area contributed by atoms with Crippen LogP contribution in [0.4, 0.5) is 10.1 Å². The Kier molecular flexibility index (Phi) is 3.83. The third-order valence-corrected chi connectivity index (χ3v) is 1.90. The highest BCUT2D eigenvalue weighted by atomic mass is 32.1. The number of hydrogen-bond acceptors (Lipinski definition) is 2. The fraction of sp³-hybridized carbons (Fsp3) is 0.200. The first-order valence-corrected chi connectivity index (χ1v) is 4.69. The lowest BCUT2D eigenvalue weighted by Gasteiger charge is -1.99. The first kappa shape index (κ1) is 10.1. The molecule has 2 N–H and O–H groups in total. The minimum atomic E-state index is -0.302. The molecular formula is C10H12FNS. The summed E-state index contributed by atoms with van der Waals surface area (Å²) in [6, 6.07) is 4.39. The number of rotatable bonds is 3. The van der Waals surface area contributed by atoms with E-state index in [1.165, 1.54) is 12.1 Å². The lowest BCUT2D eigenvalue weighted by molar-refractivity contribution is 0.628. The van der Waals surface area contributed by atoms with Crippen LogP contribution < -0.4 is 5.73 Å². The normalized spacial score (nSPS) is 10.9. The Morgan fingerprint density at radius 2 is 2.23 bits per heavy atom. The molecule has 0 radical (unpaired) electrons. The molecule has 1 aromatic carbocycles. The molecule has 0 bridgehead atoms. The quantitative estimate of drug-likeness (QED) is 0.565. The maximum atomic E-state index is 12.6. The molecule has 3 heteroatoms. The molecule has 0 fully saturated rings. The fourth-order valence-electron chi connectivity index (χ4n) is 0.982. The van der Waals surface area contributed by atoms with Crippen LogP contribution in [0.15, 0.2) is 24.3 Å². The van der Waals surface area contributed by atoms with Gasteiger partial charge in [0.25, 0.3) is 0 Å². The number of nitrogens with two attached hydrogens (primary N) is 1. The summed E-state index contributed by atoms with van der Waals surface area (Å²) in [7, 11) is 0. The molecule has 0 spiro atoms. The van der Waals surface area contributed by atoms with Crippen molar-refractivity contribution in [3.63, 3.8) is 0 Å². The molecule has 1 rings (SSSR count). The molecule has 0 aliphatic heterocycles. The van der Waals surface area contributed by atoms with E-state index in [1.807, 2.05) is 12.2 Å². The number of thiol groups is 1. The first-order valence-electron chi connectivity index (χ1n) is 4.06. The SMILES string of the molecule is Nc1cc(F)ccc1C=CCCS. The molecule has 0 aromatic heterocycles. The van der Waals surface area contributed by atoms with Gasteiger partial charge in [-0.2, -0.15) is 12.6 Å². The van der Waals surface area contributed by atoms with Crippen LogP contribution in [0.2, 0.25) is 0 Å². The third kappa shape index (κ3) is 3.11. The molecule has 0 amide bonds. The zero-order chi connectivity index (χ0) is 9.68. The monoisotopic (exact) mass is 197 g/mol. The number of hydrogen-bond donors (Lipinski definition) is 2. The maximum absolute atomic E-state index is 12.6. The molecule has 1 aromatic rings. The van der Waals surface area contributed by atoms with Gasteiger partial charge in [-0.25, -0.2) is 4.39 Å². The summed E-state index contributed by atoms with van der Waals surface area (Å²) in [5.41, 5.74) is 6.91. The van der Waals surface area contributed by atoms with Crippen molar-refractivity contribution in [1.29, 1.82) is 0 Å². The molecule has 0 aliphatic rings. The number of anilines is 1. The van der Waals surface area contributed by atoms with Gasteiger partial charge < -0.3 is 5.73 Å². The zero-order valence-electron chi connectivity index (χ0n) is 7.20. The van der Waals surface area contributed by atoms with Crippen LogP contribution in [-0.4, -0.2) is 5.75 Å². The van der Waals surface area contributed by atoms with E-state index in [0.29, 0.717) is 5.69 Å². The summed E-state index contributed by atoms with van der Waals surface area (Å²) in [5, 5.41) is 0. The number of halogens is 1. The van der Waals surface area contributed by atoms with E-state index in [4.69, 9.17) is 5.73 Å². The molecule has 1 nitrogen and oxygen atoms in total. The third-order valence-electron chi connectivity index (χ3n) is 1.64. The van der Waals surface area contributed by atoms with Gasteiger partial charge in [0.1, 0.15) is 5.82 Å². The van der Waals surface area contributed by atoms with Crippen molar-refractivity contribution in [3.05, 3.63) is 35.7 Å². The summed E-state index contributed by atoms with van der Waals surface area (Å²) in [5.74, 6) is 0.501. The van der Waals surface area contributed by atoms with Crippen molar-refractivity contribution in [1.82, 2.24) is 0 Å². The molecule has 0 saturated carbocycles. The molecule has 13 heavy (non-hydrogen) atoms. The van der Waals surface area contributed by atoms with E-state index >= 15 is 0 Å². The van der Waals surface area contributed by atoms with Crippen LogP contribution >= 0.6 is 12.6 Å². The lowest BCUT2D eigenvalue weighted by Crippen LogP contribution is -1.89. The van der Waals surface area contributed by atoms with Crippen LogP contribution in [0.1, 0.15) is 12.0 Å². The highest BCUT2D eigenvalue weighted by molar-refractivity contribution is 7.80. The van der Waals surface area contributed by atoms with Gasteiger partial charge in [-0.1, -0.05) is 18.2 Å². The summed E-state index contributed by atoms with van der Waals surface area (Å²) in [6.45, 7) is 0. The Hall–Kier alpha value is -0.960. The zero-order valence-corrected chi connectivity index (χ0v) is 8.10. The van der Waals surface area contributed by atoms with E-state index in [-0.39, 0.29) is 5.82 Å². The first-order chi connectivity index (χ1) is 6.24. The van der Waals surface area contributed by atoms with Gasteiger partial charge >= 0.3 is 0 Å². The minimum absolute atomic E-state index is 0.302. The smallest absolute Gasteiger partial charge is 0.125 e. The Bertz CT molecular complexity index is 310. The second-order valence-electron chi connectivity index (χ2n) is 2.69. The van der Waals surface area contributed by atoms with Gasteiger partial charge in [0.15, 0.2) is 0 Å².